The molecule has 6 nitrogen and oxygen atoms in total. The second-order valence-corrected chi connectivity index (χ2v) is 4.83. The molecule has 1 aromatic rings. The molecule has 20 heavy (non-hydrogen) atoms. The van der Waals surface area contributed by atoms with Gasteiger partial charge in [-0.2, -0.15) is 5.10 Å². The Morgan fingerprint density at radius 1 is 1.65 bits per heavy atom. The van der Waals surface area contributed by atoms with Gasteiger partial charge in [0.1, 0.15) is 6.61 Å². The number of morpholine rings is 1. The molecule has 0 aromatic carbocycles. The van der Waals surface area contributed by atoms with E-state index in [9.17, 15) is 4.79 Å². The van der Waals surface area contributed by atoms with Crippen molar-refractivity contribution in [3.8, 4) is 0 Å². The van der Waals surface area contributed by atoms with Crippen LogP contribution in [0, 0.1) is 13.8 Å². The normalized spacial score (nSPS) is 19.1. The summed E-state index contributed by atoms with van der Waals surface area (Å²) < 4.78 is 10.8. The van der Waals surface area contributed by atoms with Gasteiger partial charge in [0.2, 0.25) is 5.91 Å². The van der Waals surface area contributed by atoms with Crippen LogP contribution in [-0.2, 0) is 14.3 Å². The second-order valence-electron chi connectivity index (χ2n) is 4.83. The third-order valence-electron chi connectivity index (χ3n) is 3.43. The van der Waals surface area contributed by atoms with Crippen LogP contribution < -0.4 is 0 Å². The lowest BCUT2D eigenvalue weighted by Gasteiger charge is -2.36. The van der Waals surface area contributed by atoms with Crippen molar-refractivity contribution >= 4 is 5.91 Å². The minimum absolute atomic E-state index is 0.0276. The van der Waals surface area contributed by atoms with E-state index in [-0.39, 0.29) is 18.6 Å². The van der Waals surface area contributed by atoms with E-state index in [1.165, 1.54) is 0 Å². The number of ether oxygens (including phenoxy) is 2. The van der Waals surface area contributed by atoms with E-state index in [0.717, 1.165) is 17.0 Å². The topological polar surface area (TPSA) is 67.4 Å². The first-order valence-electron chi connectivity index (χ1n) is 6.72. The van der Waals surface area contributed by atoms with Gasteiger partial charge in [-0.1, -0.05) is 6.08 Å². The molecule has 0 radical (unpaired) electrons. The highest BCUT2D eigenvalue weighted by molar-refractivity contribution is 5.78. The van der Waals surface area contributed by atoms with Crippen LogP contribution in [0.2, 0.25) is 0 Å². The number of aromatic amines is 1. The van der Waals surface area contributed by atoms with Crippen LogP contribution in [0.3, 0.4) is 0 Å². The van der Waals surface area contributed by atoms with Gasteiger partial charge >= 0.3 is 0 Å². The molecule has 0 aliphatic carbocycles. The van der Waals surface area contributed by atoms with E-state index in [2.05, 4.69) is 16.8 Å². The Balaban J connectivity index is 2.13. The first-order valence-corrected chi connectivity index (χ1v) is 6.72. The number of hydrogen-bond donors (Lipinski definition) is 1. The molecule has 1 amide bonds. The summed E-state index contributed by atoms with van der Waals surface area (Å²) in [6.45, 7) is 9.53. The summed E-state index contributed by atoms with van der Waals surface area (Å²) in [6.07, 6.45) is 1.63. The van der Waals surface area contributed by atoms with Crippen LogP contribution in [0.4, 0.5) is 0 Å². The fourth-order valence-electron chi connectivity index (χ4n) is 2.50. The van der Waals surface area contributed by atoms with Gasteiger partial charge in [0.15, 0.2) is 0 Å². The van der Waals surface area contributed by atoms with Crippen LogP contribution in [0.25, 0.3) is 0 Å². The predicted molar refractivity (Wildman–Crippen MR) is 74.4 cm³/mol. The van der Waals surface area contributed by atoms with Gasteiger partial charge in [-0.05, 0) is 13.8 Å². The number of nitrogens with one attached hydrogen (secondary N) is 1. The maximum Gasteiger partial charge on any atom is 0.249 e. The van der Waals surface area contributed by atoms with Crippen LogP contribution in [-0.4, -0.2) is 54.0 Å². The molecule has 6 heteroatoms. The minimum atomic E-state index is -0.0951. The standard InChI is InChI=1S/C14H21N3O3/c1-4-6-19-9-13(18)17-5-7-20-8-12(17)14-10(2)15-16-11(14)3/h4,12H,1,5-9H2,2-3H3,(H,15,16). The number of carbonyl (C=O) groups excluding carboxylic acids is 1. The molecule has 2 heterocycles. The average molecular weight is 279 g/mol. The summed E-state index contributed by atoms with van der Waals surface area (Å²) in [5, 5.41) is 7.16. The third-order valence-corrected chi connectivity index (χ3v) is 3.43. The van der Waals surface area contributed by atoms with Gasteiger partial charge in [-0.3, -0.25) is 9.89 Å². The zero-order valence-corrected chi connectivity index (χ0v) is 12.0. The molecule has 110 valence electrons. The molecule has 1 fully saturated rings. The zero-order valence-electron chi connectivity index (χ0n) is 12.0. The molecule has 1 N–H and O–H groups in total. The molecule has 0 bridgehead atoms. The Bertz CT molecular complexity index is 465. The summed E-state index contributed by atoms with van der Waals surface area (Å²) in [6, 6.07) is -0.0951. The van der Waals surface area contributed by atoms with E-state index in [0.29, 0.717) is 26.4 Å². The summed E-state index contributed by atoms with van der Waals surface area (Å²) in [5.41, 5.74) is 2.92. The number of H-pyrrole nitrogens is 1. The highest BCUT2D eigenvalue weighted by atomic mass is 16.5. The van der Waals surface area contributed by atoms with Crippen molar-refractivity contribution in [2.24, 2.45) is 0 Å². The van der Waals surface area contributed by atoms with Crippen molar-refractivity contribution in [1.29, 1.82) is 0 Å². The maximum atomic E-state index is 12.3. The average Bonchev–Trinajstić information content (AvgIpc) is 2.78. The van der Waals surface area contributed by atoms with E-state index >= 15 is 0 Å². The number of amides is 1. The van der Waals surface area contributed by atoms with Gasteiger partial charge in [0.05, 0.1) is 31.6 Å². The van der Waals surface area contributed by atoms with Crippen molar-refractivity contribution in [2.45, 2.75) is 19.9 Å². The van der Waals surface area contributed by atoms with Crippen LogP contribution in [0.15, 0.2) is 12.7 Å². The molecule has 0 saturated carbocycles. The Morgan fingerprint density at radius 2 is 2.45 bits per heavy atom. The summed E-state index contributed by atoms with van der Waals surface area (Å²) in [4.78, 5) is 14.1. The predicted octanol–water partition coefficient (Wildman–Crippen LogP) is 1.13. The van der Waals surface area contributed by atoms with E-state index in [4.69, 9.17) is 9.47 Å². The lowest BCUT2D eigenvalue weighted by molar-refractivity contribution is -0.144. The fourth-order valence-corrected chi connectivity index (χ4v) is 2.50. The van der Waals surface area contributed by atoms with Crippen LogP contribution >= 0.6 is 0 Å². The van der Waals surface area contributed by atoms with Crippen molar-refractivity contribution in [3.63, 3.8) is 0 Å². The minimum Gasteiger partial charge on any atom is -0.377 e. The SMILES string of the molecule is C=CCOCC(=O)N1CCOCC1c1c(C)n[nH]c1C. The van der Waals surface area contributed by atoms with Crippen LogP contribution in [0.5, 0.6) is 0 Å². The number of aromatic nitrogens is 2. The Hall–Kier alpha value is -1.66. The quantitative estimate of drug-likeness (QED) is 0.648. The first-order chi connectivity index (χ1) is 9.65. The van der Waals surface area contributed by atoms with E-state index in [1.807, 2.05) is 18.7 Å². The number of hydrogen-bond acceptors (Lipinski definition) is 4. The third kappa shape index (κ3) is 3.08. The van der Waals surface area contributed by atoms with Crippen molar-refractivity contribution < 1.29 is 14.3 Å². The lowest BCUT2D eigenvalue weighted by Crippen LogP contribution is -2.45. The van der Waals surface area contributed by atoms with Crippen molar-refractivity contribution in [2.75, 3.05) is 33.0 Å². The van der Waals surface area contributed by atoms with Crippen molar-refractivity contribution in [3.05, 3.63) is 29.6 Å². The Kier molecular flexibility index (Phi) is 4.92. The van der Waals surface area contributed by atoms with Gasteiger partial charge in [0.25, 0.3) is 0 Å². The Morgan fingerprint density at radius 3 is 3.10 bits per heavy atom. The zero-order chi connectivity index (χ0) is 14.5. The van der Waals surface area contributed by atoms with E-state index in [1.54, 1.807) is 6.08 Å². The summed E-state index contributed by atoms with van der Waals surface area (Å²) >= 11 is 0. The molecular formula is C14H21N3O3. The largest absolute Gasteiger partial charge is 0.377 e. The van der Waals surface area contributed by atoms with Gasteiger partial charge < -0.3 is 14.4 Å². The summed E-state index contributed by atoms with van der Waals surface area (Å²) in [7, 11) is 0. The van der Waals surface area contributed by atoms with E-state index < -0.39 is 0 Å². The molecule has 2 rings (SSSR count). The number of aryl methyl sites for hydroxylation is 2. The van der Waals surface area contributed by atoms with Gasteiger partial charge in [-0.15, -0.1) is 6.58 Å². The fraction of sp³-hybridized carbons (Fsp3) is 0.571. The molecule has 1 aromatic heterocycles. The summed E-state index contributed by atoms with van der Waals surface area (Å²) in [5.74, 6) is -0.0276. The Labute approximate surface area is 118 Å². The molecule has 1 aliphatic heterocycles. The second kappa shape index (κ2) is 6.67. The highest BCUT2D eigenvalue weighted by Gasteiger charge is 2.31. The number of rotatable bonds is 5. The van der Waals surface area contributed by atoms with Gasteiger partial charge in [0, 0.05) is 17.8 Å². The molecule has 1 atom stereocenters. The maximum absolute atomic E-state index is 12.3. The van der Waals surface area contributed by atoms with Crippen LogP contribution in [0.1, 0.15) is 23.0 Å². The van der Waals surface area contributed by atoms with Gasteiger partial charge in [-0.25, -0.2) is 0 Å². The smallest absolute Gasteiger partial charge is 0.249 e. The molecule has 1 saturated heterocycles. The monoisotopic (exact) mass is 279 g/mol. The molecule has 1 aliphatic rings. The molecular weight excluding hydrogens is 258 g/mol. The molecule has 0 spiro atoms. The lowest BCUT2D eigenvalue weighted by atomic mass is 10.0. The highest BCUT2D eigenvalue weighted by Crippen LogP contribution is 2.28. The number of nitrogens with zero attached hydrogens (tertiary/aromatic N) is 2. The first kappa shape index (κ1) is 14.7. The van der Waals surface area contributed by atoms with Crippen molar-refractivity contribution in [1.82, 2.24) is 15.1 Å². The number of carbonyl (C=O) groups is 1. The molecule has 1 unspecified atom stereocenters.